The van der Waals surface area contributed by atoms with Crippen molar-refractivity contribution in [3.05, 3.63) is 46.7 Å². The van der Waals surface area contributed by atoms with E-state index in [4.69, 9.17) is 15.2 Å². The lowest BCUT2D eigenvalue weighted by Gasteiger charge is -2.07. The Labute approximate surface area is 118 Å². The summed E-state index contributed by atoms with van der Waals surface area (Å²) in [7, 11) is 0. The van der Waals surface area contributed by atoms with Gasteiger partial charge in [-0.3, -0.25) is 0 Å². The molecule has 0 atom stereocenters. The van der Waals surface area contributed by atoms with Crippen molar-refractivity contribution >= 4 is 17.0 Å². The van der Waals surface area contributed by atoms with E-state index in [0.29, 0.717) is 6.61 Å². The number of benzene rings is 1. The summed E-state index contributed by atoms with van der Waals surface area (Å²) in [6.45, 7) is 2.19. The van der Waals surface area contributed by atoms with E-state index in [1.54, 1.807) is 11.3 Å². The van der Waals surface area contributed by atoms with Crippen LogP contribution in [0.3, 0.4) is 0 Å². The number of anilines is 1. The van der Waals surface area contributed by atoms with Gasteiger partial charge in [-0.25, -0.2) is 0 Å². The topological polar surface area (TPSA) is 44.5 Å². The molecule has 0 bridgehead atoms. The Morgan fingerprint density at radius 1 is 1.00 bits per heavy atom. The highest BCUT2D eigenvalue weighted by Crippen LogP contribution is 2.13. The van der Waals surface area contributed by atoms with Crippen LogP contribution < -0.4 is 10.5 Å². The maximum Gasteiger partial charge on any atom is 0.119 e. The fourth-order valence-corrected chi connectivity index (χ4v) is 2.33. The monoisotopic (exact) mass is 277 g/mol. The summed E-state index contributed by atoms with van der Waals surface area (Å²) in [6.07, 6.45) is 1.89. The summed E-state index contributed by atoms with van der Waals surface area (Å²) in [5.41, 5.74) is 6.36. The molecule has 2 aromatic rings. The molecule has 0 aliphatic carbocycles. The minimum Gasteiger partial charge on any atom is -0.494 e. The molecule has 0 saturated carbocycles. The van der Waals surface area contributed by atoms with Gasteiger partial charge in [-0.15, -0.1) is 11.3 Å². The summed E-state index contributed by atoms with van der Waals surface area (Å²) in [5.74, 6) is 0.854. The van der Waals surface area contributed by atoms with Crippen molar-refractivity contribution in [2.75, 3.05) is 25.6 Å². The average Bonchev–Trinajstić information content (AvgIpc) is 2.93. The smallest absolute Gasteiger partial charge is 0.119 e. The first kappa shape index (κ1) is 13.9. The van der Waals surface area contributed by atoms with Crippen LogP contribution in [0.5, 0.6) is 5.75 Å². The molecule has 0 unspecified atom stereocenters. The Kier molecular flexibility index (Phi) is 5.72. The van der Waals surface area contributed by atoms with Crippen LogP contribution in [-0.2, 0) is 11.2 Å². The number of hydrogen-bond acceptors (Lipinski definition) is 4. The first-order valence-corrected chi connectivity index (χ1v) is 7.31. The van der Waals surface area contributed by atoms with Crippen molar-refractivity contribution in [1.82, 2.24) is 0 Å². The molecule has 0 fully saturated rings. The predicted molar refractivity (Wildman–Crippen MR) is 79.8 cm³/mol. The number of hydrogen-bond donors (Lipinski definition) is 1. The zero-order valence-corrected chi connectivity index (χ0v) is 11.7. The van der Waals surface area contributed by atoms with E-state index in [0.717, 1.165) is 37.5 Å². The van der Waals surface area contributed by atoms with Crippen molar-refractivity contribution in [2.24, 2.45) is 0 Å². The molecule has 4 heteroatoms. The van der Waals surface area contributed by atoms with E-state index in [-0.39, 0.29) is 0 Å². The van der Waals surface area contributed by atoms with Gasteiger partial charge in [0, 0.05) is 30.0 Å². The maximum atomic E-state index is 5.60. The van der Waals surface area contributed by atoms with Crippen LogP contribution in [0, 0.1) is 0 Å². The third-order valence-electron chi connectivity index (χ3n) is 2.65. The Morgan fingerprint density at radius 3 is 2.58 bits per heavy atom. The largest absolute Gasteiger partial charge is 0.494 e. The van der Waals surface area contributed by atoms with Crippen LogP contribution in [0.1, 0.15) is 11.3 Å². The van der Waals surface area contributed by atoms with Gasteiger partial charge in [0.05, 0.1) is 13.2 Å². The van der Waals surface area contributed by atoms with Gasteiger partial charge in [-0.2, -0.15) is 0 Å². The van der Waals surface area contributed by atoms with Crippen molar-refractivity contribution in [3.8, 4) is 5.75 Å². The number of ether oxygens (including phenoxy) is 2. The second-order valence-electron chi connectivity index (χ2n) is 4.21. The third-order valence-corrected chi connectivity index (χ3v) is 3.59. The van der Waals surface area contributed by atoms with Gasteiger partial charge in [0.15, 0.2) is 0 Å². The molecular formula is C15H19NO2S. The molecule has 0 spiro atoms. The number of nitrogens with two attached hydrogens (primary N) is 1. The Morgan fingerprint density at radius 2 is 1.84 bits per heavy atom. The van der Waals surface area contributed by atoms with Crippen LogP contribution in [-0.4, -0.2) is 19.8 Å². The van der Waals surface area contributed by atoms with E-state index in [9.17, 15) is 0 Å². The number of thiophene rings is 1. The van der Waals surface area contributed by atoms with E-state index in [2.05, 4.69) is 17.5 Å². The van der Waals surface area contributed by atoms with Crippen LogP contribution in [0.15, 0.2) is 41.8 Å². The molecule has 0 aliphatic rings. The second-order valence-corrected chi connectivity index (χ2v) is 5.25. The minimum atomic E-state index is 0.670. The molecule has 3 nitrogen and oxygen atoms in total. The summed E-state index contributed by atoms with van der Waals surface area (Å²) in [6, 6.07) is 11.7. The second kappa shape index (κ2) is 7.81. The Bertz CT molecular complexity index is 454. The SMILES string of the molecule is Nc1ccc(OCCCOCCc2cccs2)cc1. The fraction of sp³-hybridized carbons (Fsp3) is 0.333. The Balaban J connectivity index is 1.49. The van der Waals surface area contributed by atoms with Gasteiger partial charge in [-0.05, 0) is 35.7 Å². The molecular weight excluding hydrogens is 258 g/mol. The van der Waals surface area contributed by atoms with E-state index >= 15 is 0 Å². The van der Waals surface area contributed by atoms with Gasteiger partial charge in [0.2, 0.25) is 0 Å². The minimum absolute atomic E-state index is 0.670. The van der Waals surface area contributed by atoms with Gasteiger partial charge in [0.1, 0.15) is 5.75 Å². The van der Waals surface area contributed by atoms with Crippen LogP contribution >= 0.6 is 11.3 Å². The normalized spacial score (nSPS) is 10.5. The molecule has 0 amide bonds. The molecule has 0 aliphatic heterocycles. The van der Waals surface area contributed by atoms with Gasteiger partial charge < -0.3 is 15.2 Å². The predicted octanol–water partition coefficient (Wildman–Crippen LogP) is 3.36. The van der Waals surface area contributed by atoms with Crippen molar-refractivity contribution in [2.45, 2.75) is 12.8 Å². The third kappa shape index (κ3) is 5.32. The van der Waals surface area contributed by atoms with Crippen LogP contribution in [0.25, 0.3) is 0 Å². The molecule has 1 aromatic carbocycles. The van der Waals surface area contributed by atoms with Crippen molar-refractivity contribution < 1.29 is 9.47 Å². The fourth-order valence-electron chi connectivity index (χ4n) is 1.64. The van der Waals surface area contributed by atoms with Gasteiger partial charge in [-0.1, -0.05) is 6.07 Å². The first-order valence-electron chi connectivity index (χ1n) is 6.43. The molecule has 102 valence electrons. The lowest BCUT2D eigenvalue weighted by molar-refractivity contribution is 0.122. The quantitative estimate of drug-likeness (QED) is 0.594. The van der Waals surface area contributed by atoms with Crippen molar-refractivity contribution in [1.29, 1.82) is 0 Å². The summed E-state index contributed by atoms with van der Waals surface area (Å²) < 4.78 is 11.2. The molecule has 1 aromatic heterocycles. The highest BCUT2D eigenvalue weighted by molar-refractivity contribution is 7.09. The number of rotatable bonds is 8. The summed E-state index contributed by atoms with van der Waals surface area (Å²) >= 11 is 1.77. The highest BCUT2D eigenvalue weighted by atomic mass is 32.1. The van der Waals surface area contributed by atoms with Crippen LogP contribution in [0.4, 0.5) is 5.69 Å². The van der Waals surface area contributed by atoms with E-state index in [1.165, 1.54) is 4.88 Å². The molecule has 0 saturated heterocycles. The highest BCUT2D eigenvalue weighted by Gasteiger charge is 1.96. The molecule has 2 rings (SSSR count). The molecule has 2 N–H and O–H groups in total. The maximum absolute atomic E-state index is 5.60. The van der Waals surface area contributed by atoms with Crippen molar-refractivity contribution in [3.63, 3.8) is 0 Å². The lowest BCUT2D eigenvalue weighted by Crippen LogP contribution is -2.05. The zero-order chi connectivity index (χ0) is 13.3. The molecule has 19 heavy (non-hydrogen) atoms. The number of nitrogen functional groups attached to an aromatic ring is 1. The van der Waals surface area contributed by atoms with Gasteiger partial charge in [0.25, 0.3) is 0 Å². The molecule has 0 radical (unpaired) electrons. The summed E-state index contributed by atoms with van der Waals surface area (Å²) in [4.78, 5) is 1.37. The van der Waals surface area contributed by atoms with Crippen LogP contribution in [0.2, 0.25) is 0 Å². The Hall–Kier alpha value is -1.52. The zero-order valence-electron chi connectivity index (χ0n) is 10.9. The van der Waals surface area contributed by atoms with Gasteiger partial charge >= 0.3 is 0 Å². The average molecular weight is 277 g/mol. The molecule has 1 heterocycles. The van der Waals surface area contributed by atoms with E-state index < -0.39 is 0 Å². The van der Waals surface area contributed by atoms with E-state index in [1.807, 2.05) is 24.3 Å². The summed E-state index contributed by atoms with van der Waals surface area (Å²) in [5, 5.41) is 2.09. The first-order chi connectivity index (χ1) is 9.34. The lowest BCUT2D eigenvalue weighted by atomic mass is 10.3. The standard InChI is InChI=1S/C15H19NO2S/c16-13-4-6-14(7-5-13)18-10-2-9-17-11-8-15-3-1-12-19-15/h1,3-7,12H,2,8-11,16H2.